The van der Waals surface area contributed by atoms with Gasteiger partial charge in [0.2, 0.25) is 0 Å². The van der Waals surface area contributed by atoms with Crippen molar-refractivity contribution in [1.82, 2.24) is 5.32 Å². The van der Waals surface area contributed by atoms with Crippen LogP contribution in [0.25, 0.3) is 0 Å². The summed E-state index contributed by atoms with van der Waals surface area (Å²) in [6.07, 6.45) is 3.52. The van der Waals surface area contributed by atoms with Gasteiger partial charge in [0.1, 0.15) is 11.5 Å². The van der Waals surface area contributed by atoms with Crippen LogP contribution in [0.1, 0.15) is 44.1 Å². The number of rotatable bonds is 6. The number of nitrogens with one attached hydrogen (secondary N) is 1. The summed E-state index contributed by atoms with van der Waals surface area (Å²) in [5.41, 5.74) is 0. The van der Waals surface area contributed by atoms with E-state index < -0.39 is 0 Å². The van der Waals surface area contributed by atoms with Crippen molar-refractivity contribution in [3.05, 3.63) is 23.7 Å². The van der Waals surface area contributed by atoms with Crippen molar-refractivity contribution in [3.8, 4) is 0 Å². The molecule has 1 saturated carbocycles. The topological polar surface area (TPSA) is 25.2 Å². The van der Waals surface area contributed by atoms with E-state index in [4.69, 9.17) is 4.42 Å². The molecule has 0 aliphatic heterocycles. The molecule has 2 atom stereocenters. The molecule has 0 amide bonds. The molecule has 0 radical (unpaired) electrons. The highest BCUT2D eigenvalue weighted by Gasteiger charge is 2.39. The fraction of sp³-hybridized carbons (Fsp3) is 0.692. The van der Waals surface area contributed by atoms with E-state index in [1.807, 2.05) is 0 Å². The van der Waals surface area contributed by atoms with Crippen LogP contribution in [0, 0.1) is 5.92 Å². The third kappa shape index (κ3) is 2.63. The first-order chi connectivity index (χ1) is 7.35. The van der Waals surface area contributed by atoms with Crippen molar-refractivity contribution in [2.75, 3.05) is 13.1 Å². The van der Waals surface area contributed by atoms with Gasteiger partial charge in [-0.2, -0.15) is 0 Å². The summed E-state index contributed by atoms with van der Waals surface area (Å²) in [7, 11) is 0. The number of furan rings is 1. The molecule has 2 unspecified atom stereocenters. The van der Waals surface area contributed by atoms with E-state index in [2.05, 4.69) is 31.3 Å². The molecule has 1 N–H and O–H groups in total. The minimum Gasteiger partial charge on any atom is -0.466 e. The summed E-state index contributed by atoms with van der Waals surface area (Å²) in [5.74, 6) is 3.83. The van der Waals surface area contributed by atoms with Gasteiger partial charge in [0, 0.05) is 12.3 Å². The van der Waals surface area contributed by atoms with E-state index in [1.165, 1.54) is 18.6 Å². The second-order valence-electron chi connectivity index (χ2n) is 4.46. The number of aryl methyl sites for hydroxylation is 1. The zero-order valence-electron chi connectivity index (χ0n) is 9.75. The zero-order chi connectivity index (χ0) is 10.7. The fourth-order valence-electron chi connectivity index (χ4n) is 2.07. The standard InChI is InChI=1S/C13H21NO/c1-3-7-14-9-10-8-12(10)13-6-5-11(4-2)15-13/h5-6,10,12,14H,3-4,7-9H2,1-2H3. The van der Waals surface area contributed by atoms with Gasteiger partial charge in [0.15, 0.2) is 0 Å². The highest BCUT2D eigenvalue weighted by molar-refractivity contribution is 5.18. The smallest absolute Gasteiger partial charge is 0.107 e. The van der Waals surface area contributed by atoms with Crippen molar-refractivity contribution in [1.29, 1.82) is 0 Å². The Kier molecular flexibility index (Phi) is 3.47. The lowest BCUT2D eigenvalue weighted by atomic mass is 10.2. The van der Waals surface area contributed by atoms with E-state index in [9.17, 15) is 0 Å². The monoisotopic (exact) mass is 207 g/mol. The van der Waals surface area contributed by atoms with Crippen molar-refractivity contribution >= 4 is 0 Å². The lowest BCUT2D eigenvalue weighted by Gasteiger charge is -2.00. The van der Waals surface area contributed by atoms with Gasteiger partial charge < -0.3 is 9.73 Å². The number of hydrogen-bond donors (Lipinski definition) is 1. The third-order valence-corrected chi connectivity index (χ3v) is 3.15. The maximum atomic E-state index is 5.77. The Morgan fingerprint density at radius 1 is 1.40 bits per heavy atom. The van der Waals surface area contributed by atoms with Crippen LogP contribution in [0.5, 0.6) is 0 Å². The van der Waals surface area contributed by atoms with E-state index in [1.54, 1.807) is 0 Å². The molecule has 1 aromatic heterocycles. The lowest BCUT2D eigenvalue weighted by molar-refractivity contribution is 0.462. The van der Waals surface area contributed by atoms with Crippen LogP contribution < -0.4 is 5.32 Å². The van der Waals surface area contributed by atoms with Gasteiger partial charge >= 0.3 is 0 Å². The van der Waals surface area contributed by atoms with Crippen LogP contribution in [-0.2, 0) is 6.42 Å². The molecule has 0 saturated heterocycles. The second-order valence-corrected chi connectivity index (χ2v) is 4.46. The normalized spacial score (nSPS) is 24.4. The third-order valence-electron chi connectivity index (χ3n) is 3.15. The minimum absolute atomic E-state index is 0.689. The summed E-state index contributed by atoms with van der Waals surface area (Å²) in [6.45, 7) is 6.63. The largest absolute Gasteiger partial charge is 0.466 e. The Labute approximate surface area is 92.1 Å². The van der Waals surface area contributed by atoms with Crippen LogP contribution in [0.2, 0.25) is 0 Å². The van der Waals surface area contributed by atoms with E-state index in [0.717, 1.165) is 31.2 Å². The Morgan fingerprint density at radius 3 is 2.93 bits per heavy atom. The van der Waals surface area contributed by atoms with Crippen LogP contribution in [0.3, 0.4) is 0 Å². The molecular weight excluding hydrogens is 186 g/mol. The number of hydrogen-bond acceptors (Lipinski definition) is 2. The van der Waals surface area contributed by atoms with Crippen LogP contribution in [-0.4, -0.2) is 13.1 Å². The molecule has 2 nitrogen and oxygen atoms in total. The molecule has 0 spiro atoms. The molecule has 2 rings (SSSR count). The Balaban J connectivity index is 1.77. The van der Waals surface area contributed by atoms with Gasteiger partial charge in [-0.25, -0.2) is 0 Å². The fourth-order valence-corrected chi connectivity index (χ4v) is 2.07. The Hall–Kier alpha value is -0.760. The Morgan fingerprint density at radius 2 is 2.27 bits per heavy atom. The highest BCUT2D eigenvalue weighted by Crippen LogP contribution is 2.47. The molecule has 0 bridgehead atoms. The highest BCUT2D eigenvalue weighted by atomic mass is 16.3. The molecule has 1 heterocycles. The van der Waals surface area contributed by atoms with Gasteiger partial charge in [-0.05, 0) is 44.0 Å². The quantitative estimate of drug-likeness (QED) is 0.725. The first-order valence-electron chi connectivity index (χ1n) is 6.14. The second kappa shape index (κ2) is 4.84. The average Bonchev–Trinajstić information content (AvgIpc) is 2.87. The molecule has 84 valence electrons. The zero-order valence-corrected chi connectivity index (χ0v) is 9.75. The van der Waals surface area contributed by atoms with Gasteiger partial charge in [0.25, 0.3) is 0 Å². The summed E-state index contributed by atoms with van der Waals surface area (Å²) in [6, 6.07) is 4.27. The van der Waals surface area contributed by atoms with Gasteiger partial charge in [-0.15, -0.1) is 0 Å². The van der Waals surface area contributed by atoms with Crippen LogP contribution >= 0.6 is 0 Å². The van der Waals surface area contributed by atoms with Crippen molar-refractivity contribution < 1.29 is 4.42 Å². The van der Waals surface area contributed by atoms with Crippen molar-refractivity contribution in [2.24, 2.45) is 5.92 Å². The summed E-state index contributed by atoms with van der Waals surface area (Å²) >= 11 is 0. The first kappa shape index (κ1) is 10.7. The lowest BCUT2D eigenvalue weighted by Crippen LogP contribution is -2.17. The predicted molar refractivity (Wildman–Crippen MR) is 62.1 cm³/mol. The molecule has 1 aromatic rings. The predicted octanol–water partition coefficient (Wildman–Crippen LogP) is 2.95. The molecule has 1 aliphatic rings. The van der Waals surface area contributed by atoms with Gasteiger partial charge in [-0.1, -0.05) is 13.8 Å². The van der Waals surface area contributed by atoms with E-state index in [0.29, 0.717) is 5.92 Å². The maximum absolute atomic E-state index is 5.77. The van der Waals surface area contributed by atoms with Crippen LogP contribution in [0.4, 0.5) is 0 Å². The molecule has 15 heavy (non-hydrogen) atoms. The summed E-state index contributed by atoms with van der Waals surface area (Å²) in [4.78, 5) is 0. The molecule has 0 aromatic carbocycles. The Bertz CT molecular complexity index is 305. The van der Waals surface area contributed by atoms with E-state index >= 15 is 0 Å². The summed E-state index contributed by atoms with van der Waals surface area (Å²) < 4.78 is 5.77. The minimum atomic E-state index is 0.689. The molecule has 1 fully saturated rings. The maximum Gasteiger partial charge on any atom is 0.107 e. The molecular formula is C13H21NO. The average molecular weight is 207 g/mol. The molecule has 2 heteroatoms. The van der Waals surface area contributed by atoms with Crippen molar-refractivity contribution in [2.45, 2.75) is 39.0 Å². The summed E-state index contributed by atoms with van der Waals surface area (Å²) in [5, 5.41) is 3.48. The van der Waals surface area contributed by atoms with E-state index in [-0.39, 0.29) is 0 Å². The van der Waals surface area contributed by atoms with Gasteiger partial charge in [-0.3, -0.25) is 0 Å². The first-order valence-corrected chi connectivity index (χ1v) is 6.14. The van der Waals surface area contributed by atoms with Crippen LogP contribution in [0.15, 0.2) is 16.5 Å². The van der Waals surface area contributed by atoms with Gasteiger partial charge in [0.05, 0.1) is 0 Å². The van der Waals surface area contributed by atoms with Crippen molar-refractivity contribution in [3.63, 3.8) is 0 Å². The SMILES string of the molecule is CCCNCC1CC1c1ccc(CC)o1. The molecule has 1 aliphatic carbocycles.